The summed E-state index contributed by atoms with van der Waals surface area (Å²) in [6.45, 7) is 8.60. The summed E-state index contributed by atoms with van der Waals surface area (Å²) in [5.41, 5.74) is -0.392. The minimum absolute atomic E-state index is 0.149. The van der Waals surface area contributed by atoms with Gasteiger partial charge in [0.05, 0.1) is 6.04 Å². The highest BCUT2D eigenvalue weighted by Gasteiger charge is 2.39. The normalized spacial score (nSPS) is 30.1. The molecule has 1 amide bonds. The first-order chi connectivity index (χ1) is 7.47. The molecule has 4 heteroatoms. The molecule has 2 heterocycles. The smallest absolute Gasteiger partial charge is 0.410 e. The van der Waals surface area contributed by atoms with Crippen molar-refractivity contribution < 1.29 is 9.53 Å². The number of likely N-dealkylation sites (tertiary alicyclic amines) is 1. The Kier molecular flexibility index (Phi) is 3.10. The van der Waals surface area contributed by atoms with Crippen molar-refractivity contribution in [1.82, 2.24) is 10.2 Å². The Morgan fingerprint density at radius 3 is 2.81 bits per heavy atom. The van der Waals surface area contributed by atoms with E-state index < -0.39 is 5.60 Å². The third-order valence-electron chi connectivity index (χ3n) is 3.36. The molecule has 92 valence electrons. The molecule has 0 aromatic rings. The van der Waals surface area contributed by atoms with Gasteiger partial charge in [-0.1, -0.05) is 0 Å². The Balaban J connectivity index is 1.97. The number of nitrogens with one attached hydrogen (secondary N) is 1. The van der Waals surface area contributed by atoms with Crippen molar-refractivity contribution in [2.45, 2.75) is 45.3 Å². The predicted molar refractivity (Wildman–Crippen MR) is 62.3 cm³/mol. The number of amides is 1. The molecule has 0 aromatic carbocycles. The highest BCUT2D eigenvalue weighted by atomic mass is 16.6. The molecule has 0 radical (unpaired) electrons. The molecule has 2 aliphatic rings. The van der Waals surface area contributed by atoms with E-state index in [1.165, 1.54) is 6.42 Å². The van der Waals surface area contributed by atoms with Crippen molar-refractivity contribution in [3.05, 3.63) is 0 Å². The molecule has 0 spiro atoms. The molecule has 2 saturated heterocycles. The second kappa shape index (κ2) is 4.24. The van der Waals surface area contributed by atoms with E-state index >= 15 is 0 Å². The van der Waals surface area contributed by atoms with Crippen LogP contribution >= 0.6 is 0 Å². The Bertz CT molecular complexity index is 273. The molecule has 0 aliphatic carbocycles. The molecule has 2 atom stereocenters. The van der Waals surface area contributed by atoms with Crippen molar-refractivity contribution in [2.24, 2.45) is 5.92 Å². The average Bonchev–Trinajstić information content (AvgIpc) is 2.58. The fourth-order valence-electron chi connectivity index (χ4n) is 2.62. The van der Waals surface area contributed by atoms with Gasteiger partial charge >= 0.3 is 6.09 Å². The van der Waals surface area contributed by atoms with Crippen molar-refractivity contribution in [1.29, 1.82) is 0 Å². The van der Waals surface area contributed by atoms with Gasteiger partial charge in [0, 0.05) is 13.1 Å². The van der Waals surface area contributed by atoms with Crippen molar-refractivity contribution >= 4 is 6.09 Å². The van der Waals surface area contributed by atoms with Crippen LogP contribution in [0.25, 0.3) is 0 Å². The van der Waals surface area contributed by atoms with Crippen LogP contribution in [0.1, 0.15) is 33.6 Å². The third kappa shape index (κ3) is 2.48. The molecular formula is C12H22N2O2. The van der Waals surface area contributed by atoms with Crippen molar-refractivity contribution in [2.75, 3.05) is 19.6 Å². The summed E-state index contributed by atoms with van der Waals surface area (Å²) in [6, 6.07) is 0.351. The molecule has 0 aromatic heterocycles. The molecule has 16 heavy (non-hydrogen) atoms. The van der Waals surface area contributed by atoms with E-state index in [2.05, 4.69) is 5.32 Å². The van der Waals surface area contributed by atoms with E-state index in [4.69, 9.17) is 4.74 Å². The topological polar surface area (TPSA) is 41.6 Å². The fraction of sp³-hybridized carbons (Fsp3) is 0.917. The lowest BCUT2D eigenvalue weighted by Gasteiger charge is -2.33. The number of carbonyl (C=O) groups excluding carboxylic acids is 1. The van der Waals surface area contributed by atoms with Gasteiger partial charge in [-0.15, -0.1) is 0 Å². The van der Waals surface area contributed by atoms with Crippen LogP contribution in [0.5, 0.6) is 0 Å². The molecule has 2 aliphatic heterocycles. The van der Waals surface area contributed by atoms with E-state index in [9.17, 15) is 4.79 Å². The summed E-state index contributed by atoms with van der Waals surface area (Å²) in [7, 11) is 0. The molecule has 4 nitrogen and oxygen atoms in total. The number of hydrogen-bond donors (Lipinski definition) is 1. The summed E-state index contributed by atoms with van der Waals surface area (Å²) in [6.07, 6.45) is 2.17. The Morgan fingerprint density at radius 2 is 2.12 bits per heavy atom. The summed E-state index contributed by atoms with van der Waals surface area (Å²) in [5, 5.41) is 3.35. The first-order valence-corrected chi connectivity index (χ1v) is 6.18. The summed E-state index contributed by atoms with van der Waals surface area (Å²) >= 11 is 0. The lowest BCUT2D eigenvalue weighted by molar-refractivity contribution is 0.0195. The average molecular weight is 226 g/mol. The van der Waals surface area contributed by atoms with Crippen LogP contribution in [0.15, 0.2) is 0 Å². The maximum absolute atomic E-state index is 12.0. The third-order valence-corrected chi connectivity index (χ3v) is 3.36. The zero-order valence-corrected chi connectivity index (χ0v) is 10.5. The van der Waals surface area contributed by atoms with Gasteiger partial charge in [0.1, 0.15) is 5.60 Å². The Morgan fingerprint density at radius 1 is 1.38 bits per heavy atom. The number of ether oxygens (including phenoxy) is 1. The lowest BCUT2D eigenvalue weighted by Crippen LogP contribution is -2.49. The molecule has 0 saturated carbocycles. The van der Waals surface area contributed by atoms with E-state index in [1.807, 2.05) is 25.7 Å². The molecule has 2 fully saturated rings. The van der Waals surface area contributed by atoms with Crippen LogP contribution in [0, 0.1) is 5.92 Å². The monoisotopic (exact) mass is 226 g/mol. The predicted octanol–water partition coefficient (Wildman–Crippen LogP) is 1.61. The molecule has 1 unspecified atom stereocenters. The number of nitrogens with zero attached hydrogens (tertiary/aromatic N) is 1. The highest BCUT2D eigenvalue weighted by molar-refractivity contribution is 5.69. The van der Waals surface area contributed by atoms with E-state index in [1.54, 1.807) is 0 Å². The summed E-state index contributed by atoms with van der Waals surface area (Å²) in [4.78, 5) is 13.9. The van der Waals surface area contributed by atoms with Gasteiger partial charge in [0.2, 0.25) is 0 Å². The maximum atomic E-state index is 12.0. The Labute approximate surface area is 97.3 Å². The minimum atomic E-state index is -0.392. The lowest BCUT2D eigenvalue weighted by atomic mass is 9.93. The van der Waals surface area contributed by atoms with Crippen LogP contribution < -0.4 is 5.32 Å². The number of carbonyl (C=O) groups is 1. The van der Waals surface area contributed by atoms with Gasteiger partial charge < -0.3 is 15.0 Å². The molecular weight excluding hydrogens is 204 g/mol. The Hall–Kier alpha value is -0.770. The molecule has 1 N–H and O–H groups in total. The van der Waals surface area contributed by atoms with E-state index in [0.29, 0.717) is 12.0 Å². The van der Waals surface area contributed by atoms with Crippen LogP contribution in [0.4, 0.5) is 4.79 Å². The van der Waals surface area contributed by atoms with Crippen LogP contribution in [-0.2, 0) is 4.74 Å². The molecule has 2 rings (SSSR count). The zero-order chi connectivity index (χ0) is 11.8. The second-order valence-corrected chi connectivity index (χ2v) is 5.78. The van der Waals surface area contributed by atoms with Gasteiger partial charge in [-0.25, -0.2) is 4.79 Å². The highest BCUT2D eigenvalue weighted by Crippen LogP contribution is 2.29. The number of fused-ring (bicyclic) bond motifs is 1. The summed E-state index contributed by atoms with van der Waals surface area (Å²) in [5.74, 6) is 0.675. The molecule has 0 bridgehead atoms. The zero-order valence-electron chi connectivity index (χ0n) is 10.5. The van der Waals surface area contributed by atoms with Crippen molar-refractivity contribution in [3.8, 4) is 0 Å². The number of piperidine rings is 1. The van der Waals surface area contributed by atoms with E-state index in [0.717, 1.165) is 26.1 Å². The van der Waals surface area contributed by atoms with Crippen LogP contribution in [-0.4, -0.2) is 42.3 Å². The maximum Gasteiger partial charge on any atom is 0.410 e. The van der Waals surface area contributed by atoms with Gasteiger partial charge in [0.15, 0.2) is 0 Å². The second-order valence-electron chi connectivity index (χ2n) is 5.78. The van der Waals surface area contributed by atoms with E-state index in [-0.39, 0.29) is 6.09 Å². The number of hydrogen-bond acceptors (Lipinski definition) is 3. The summed E-state index contributed by atoms with van der Waals surface area (Å²) < 4.78 is 5.43. The largest absolute Gasteiger partial charge is 0.444 e. The van der Waals surface area contributed by atoms with Gasteiger partial charge in [-0.05, 0) is 46.1 Å². The van der Waals surface area contributed by atoms with Crippen LogP contribution in [0.2, 0.25) is 0 Å². The van der Waals surface area contributed by atoms with Crippen LogP contribution in [0.3, 0.4) is 0 Å². The fourth-order valence-corrected chi connectivity index (χ4v) is 2.62. The number of rotatable bonds is 0. The minimum Gasteiger partial charge on any atom is -0.444 e. The van der Waals surface area contributed by atoms with Gasteiger partial charge in [-0.2, -0.15) is 0 Å². The first-order valence-electron chi connectivity index (χ1n) is 6.18. The SMILES string of the molecule is CC(C)(C)OC(=O)N1CCC2CCNC[C@@H]21. The van der Waals surface area contributed by atoms with Gasteiger partial charge in [-0.3, -0.25) is 0 Å². The van der Waals surface area contributed by atoms with Gasteiger partial charge in [0.25, 0.3) is 0 Å². The van der Waals surface area contributed by atoms with Crippen molar-refractivity contribution in [3.63, 3.8) is 0 Å². The quantitative estimate of drug-likeness (QED) is 0.682. The first kappa shape index (κ1) is 11.7. The standard InChI is InChI=1S/C12H22N2O2/c1-12(2,3)16-11(15)14-7-5-9-4-6-13-8-10(9)14/h9-10,13H,4-8H2,1-3H3/t9?,10-/m0/s1.